The Morgan fingerprint density at radius 2 is 2.07 bits per heavy atom. The van der Waals surface area contributed by atoms with E-state index >= 15 is 0 Å². The van der Waals surface area contributed by atoms with Gasteiger partial charge in [0.25, 0.3) is 0 Å². The zero-order chi connectivity index (χ0) is 11.5. The highest BCUT2D eigenvalue weighted by atomic mass is 16.5. The molecule has 0 bridgehead atoms. The molecule has 0 spiro atoms. The molecule has 0 aromatic rings. The molecule has 2 N–H and O–H groups in total. The fourth-order valence-electron chi connectivity index (χ4n) is 1.52. The van der Waals surface area contributed by atoms with Gasteiger partial charge in [0.05, 0.1) is 18.3 Å². The first-order chi connectivity index (χ1) is 6.88. The molecule has 0 aliphatic heterocycles. The Balaban J connectivity index is 1.96. The van der Waals surface area contributed by atoms with Gasteiger partial charge in [-0.2, -0.15) is 0 Å². The third-order valence-corrected chi connectivity index (χ3v) is 2.77. The number of nitrogens with one attached hydrogen (secondary N) is 1. The van der Waals surface area contributed by atoms with Crippen LogP contribution in [0.1, 0.15) is 34.1 Å². The molecule has 0 heterocycles. The SMILES string of the molecule is CC1CC1CNCC(O)COC(C)(C)C. The Kier molecular flexibility index (Phi) is 4.56. The summed E-state index contributed by atoms with van der Waals surface area (Å²) in [7, 11) is 0. The molecule has 1 fully saturated rings. The molecule has 3 unspecified atom stereocenters. The van der Waals surface area contributed by atoms with E-state index in [9.17, 15) is 5.11 Å². The number of hydrogen-bond acceptors (Lipinski definition) is 3. The molecule has 1 aliphatic rings. The van der Waals surface area contributed by atoms with E-state index in [0.717, 1.165) is 18.4 Å². The summed E-state index contributed by atoms with van der Waals surface area (Å²) < 4.78 is 5.50. The lowest BCUT2D eigenvalue weighted by atomic mass is 10.2. The van der Waals surface area contributed by atoms with Crippen molar-refractivity contribution >= 4 is 0 Å². The molecule has 0 amide bonds. The summed E-state index contributed by atoms with van der Waals surface area (Å²) >= 11 is 0. The van der Waals surface area contributed by atoms with E-state index in [1.807, 2.05) is 20.8 Å². The smallest absolute Gasteiger partial charge is 0.0897 e. The summed E-state index contributed by atoms with van der Waals surface area (Å²) in [5.74, 6) is 1.71. The van der Waals surface area contributed by atoms with Crippen LogP contribution in [0.5, 0.6) is 0 Å². The van der Waals surface area contributed by atoms with Gasteiger partial charge >= 0.3 is 0 Å². The van der Waals surface area contributed by atoms with Gasteiger partial charge in [-0.05, 0) is 45.6 Å². The van der Waals surface area contributed by atoms with E-state index in [-0.39, 0.29) is 5.60 Å². The average molecular weight is 215 g/mol. The van der Waals surface area contributed by atoms with Crippen molar-refractivity contribution in [3.8, 4) is 0 Å². The summed E-state index contributed by atoms with van der Waals surface area (Å²) in [5.41, 5.74) is -0.161. The van der Waals surface area contributed by atoms with E-state index in [4.69, 9.17) is 4.74 Å². The largest absolute Gasteiger partial charge is 0.389 e. The predicted octanol–water partition coefficient (Wildman–Crippen LogP) is 1.41. The molecule has 1 rings (SSSR count). The number of ether oxygens (including phenoxy) is 1. The van der Waals surface area contributed by atoms with Crippen molar-refractivity contribution in [1.82, 2.24) is 5.32 Å². The predicted molar refractivity (Wildman–Crippen MR) is 61.9 cm³/mol. The van der Waals surface area contributed by atoms with E-state index in [0.29, 0.717) is 13.2 Å². The van der Waals surface area contributed by atoms with Gasteiger partial charge in [0.2, 0.25) is 0 Å². The van der Waals surface area contributed by atoms with Crippen LogP contribution in [0.2, 0.25) is 0 Å². The fraction of sp³-hybridized carbons (Fsp3) is 1.00. The quantitative estimate of drug-likeness (QED) is 0.704. The number of rotatable bonds is 6. The van der Waals surface area contributed by atoms with Crippen molar-refractivity contribution in [1.29, 1.82) is 0 Å². The third-order valence-electron chi connectivity index (χ3n) is 2.77. The van der Waals surface area contributed by atoms with Crippen LogP contribution in [0.25, 0.3) is 0 Å². The van der Waals surface area contributed by atoms with Crippen LogP contribution in [0, 0.1) is 11.8 Å². The van der Waals surface area contributed by atoms with E-state index < -0.39 is 6.10 Å². The van der Waals surface area contributed by atoms with Crippen molar-refractivity contribution in [2.75, 3.05) is 19.7 Å². The first-order valence-electron chi connectivity index (χ1n) is 5.91. The minimum absolute atomic E-state index is 0.161. The van der Waals surface area contributed by atoms with Gasteiger partial charge in [-0.1, -0.05) is 6.92 Å². The van der Waals surface area contributed by atoms with Crippen LogP contribution in [0.15, 0.2) is 0 Å². The molecule has 0 aromatic carbocycles. The fourth-order valence-corrected chi connectivity index (χ4v) is 1.52. The number of aliphatic hydroxyl groups excluding tert-OH is 1. The van der Waals surface area contributed by atoms with Crippen molar-refractivity contribution in [2.24, 2.45) is 11.8 Å². The molecule has 1 saturated carbocycles. The molecule has 15 heavy (non-hydrogen) atoms. The van der Waals surface area contributed by atoms with Gasteiger partial charge in [0, 0.05) is 6.54 Å². The third kappa shape index (κ3) is 6.13. The molecule has 0 radical (unpaired) electrons. The van der Waals surface area contributed by atoms with Crippen molar-refractivity contribution in [3.05, 3.63) is 0 Å². The normalized spacial score (nSPS) is 27.8. The van der Waals surface area contributed by atoms with Gasteiger partial charge in [0.1, 0.15) is 0 Å². The highest BCUT2D eigenvalue weighted by Crippen LogP contribution is 2.36. The van der Waals surface area contributed by atoms with Gasteiger partial charge in [-0.25, -0.2) is 0 Å². The van der Waals surface area contributed by atoms with E-state index in [1.54, 1.807) is 0 Å². The zero-order valence-corrected chi connectivity index (χ0v) is 10.4. The van der Waals surface area contributed by atoms with Crippen molar-refractivity contribution < 1.29 is 9.84 Å². The summed E-state index contributed by atoms with van der Waals surface area (Å²) in [5, 5.41) is 12.9. The lowest BCUT2D eigenvalue weighted by molar-refractivity contribution is -0.0478. The second-order valence-electron chi connectivity index (χ2n) is 5.71. The maximum Gasteiger partial charge on any atom is 0.0897 e. The lowest BCUT2D eigenvalue weighted by Crippen LogP contribution is -2.34. The van der Waals surface area contributed by atoms with Gasteiger partial charge in [-0.3, -0.25) is 0 Å². The molecule has 0 aromatic heterocycles. The zero-order valence-electron chi connectivity index (χ0n) is 10.4. The van der Waals surface area contributed by atoms with Crippen LogP contribution in [0.3, 0.4) is 0 Å². The summed E-state index contributed by atoms with van der Waals surface area (Å²) in [6.07, 6.45) is 0.944. The van der Waals surface area contributed by atoms with Crippen LogP contribution in [-0.4, -0.2) is 36.5 Å². The monoisotopic (exact) mass is 215 g/mol. The van der Waals surface area contributed by atoms with Crippen LogP contribution >= 0.6 is 0 Å². The van der Waals surface area contributed by atoms with Crippen molar-refractivity contribution in [2.45, 2.75) is 45.8 Å². The van der Waals surface area contributed by atoms with Crippen LogP contribution < -0.4 is 5.32 Å². The number of hydrogen-bond donors (Lipinski definition) is 2. The molecule has 90 valence electrons. The molecular weight excluding hydrogens is 190 g/mol. The molecule has 3 atom stereocenters. The lowest BCUT2D eigenvalue weighted by Gasteiger charge is -2.22. The highest BCUT2D eigenvalue weighted by molar-refractivity contribution is 4.84. The van der Waals surface area contributed by atoms with E-state index in [2.05, 4.69) is 12.2 Å². The van der Waals surface area contributed by atoms with Gasteiger partial charge in [-0.15, -0.1) is 0 Å². The second kappa shape index (κ2) is 5.28. The molecule has 1 aliphatic carbocycles. The highest BCUT2D eigenvalue weighted by Gasteiger charge is 2.31. The molecule has 3 nitrogen and oxygen atoms in total. The summed E-state index contributed by atoms with van der Waals surface area (Å²) in [6, 6.07) is 0. The number of aliphatic hydroxyl groups is 1. The Bertz CT molecular complexity index is 189. The van der Waals surface area contributed by atoms with E-state index in [1.165, 1.54) is 6.42 Å². The summed E-state index contributed by atoms with van der Waals surface area (Å²) in [6.45, 7) is 10.4. The van der Waals surface area contributed by atoms with Crippen LogP contribution in [0.4, 0.5) is 0 Å². The van der Waals surface area contributed by atoms with Crippen LogP contribution in [-0.2, 0) is 4.74 Å². The maximum atomic E-state index is 9.62. The standard InChI is InChI=1S/C12H25NO2/c1-9-5-10(9)6-13-7-11(14)8-15-12(2,3)4/h9-11,13-14H,5-8H2,1-4H3. The molecular formula is C12H25NO2. The Hall–Kier alpha value is -0.120. The van der Waals surface area contributed by atoms with Crippen molar-refractivity contribution in [3.63, 3.8) is 0 Å². The second-order valence-corrected chi connectivity index (χ2v) is 5.71. The summed E-state index contributed by atoms with van der Waals surface area (Å²) in [4.78, 5) is 0. The molecule has 0 saturated heterocycles. The Morgan fingerprint density at radius 3 is 2.53 bits per heavy atom. The van der Waals surface area contributed by atoms with Gasteiger partial charge < -0.3 is 15.2 Å². The maximum absolute atomic E-state index is 9.62. The Morgan fingerprint density at radius 1 is 1.47 bits per heavy atom. The topological polar surface area (TPSA) is 41.5 Å². The molecule has 3 heteroatoms. The first-order valence-corrected chi connectivity index (χ1v) is 5.91. The Labute approximate surface area is 93.2 Å². The minimum Gasteiger partial charge on any atom is -0.389 e. The minimum atomic E-state index is -0.390. The average Bonchev–Trinajstić information content (AvgIpc) is 2.77. The van der Waals surface area contributed by atoms with Gasteiger partial charge in [0.15, 0.2) is 0 Å². The first kappa shape index (κ1) is 12.9.